The molecule has 0 radical (unpaired) electrons. The third kappa shape index (κ3) is 6.26. The Morgan fingerprint density at radius 1 is 1.39 bits per heavy atom. The van der Waals surface area contributed by atoms with E-state index in [0.717, 1.165) is 29.4 Å². The van der Waals surface area contributed by atoms with Gasteiger partial charge in [-0.05, 0) is 67.6 Å². The second kappa shape index (κ2) is 12.2. The molecule has 0 saturated carbocycles. The van der Waals surface area contributed by atoms with Crippen LogP contribution in [0, 0.1) is 17.7 Å². The lowest BCUT2D eigenvalue weighted by Crippen LogP contribution is -2.44. The first-order chi connectivity index (χ1) is 17.4. The lowest BCUT2D eigenvalue weighted by Gasteiger charge is -2.37. The van der Waals surface area contributed by atoms with Gasteiger partial charge in [-0.2, -0.15) is 0 Å². The molecular weight excluding hydrogens is 503 g/mol. The highest BCUT2D eigenvalue weighted by atomic mass is 35.5. The van der Waals surface area contributed by atoms with Gasteiger partial charge in [0.05, 0.1) is 23.6 Å². The highest BCUT2D eigenvalue weighted by Gasteiger charge is 2.34. The topological polar surface area (TPSA) is 102 Å². The van der Waals surface area contributed by atoms with Gasteiger partial charge in [0.15, 0.2) is 5.82 Å². The summed E-state index contributed by atoms with van der Waals surface area (Å²) in [5.41, 5.74) is 8.19. The van der Waals surface area contributed by atoms with Crippen LogP contribution in [0.1, 0.15) is 30.9 Å². The van der Waals surface area contributed by atoms with Gasteiger partial charge >= 0.3 is 5.97 Å². The van der Waals surface area contributed by atoms with Crippen LogP contribution in [0.15, 0.2) is 47.8 Å². The molecule has 0 amide bonds. The van der Waals surface area contributed by atoms with Gasteiger partial charge in [-0.25, -0.2) is 9.37 Å². The number of likely N-dealkylation sites (tertiary alicyclic amines) is 1. The molecule has 4 rings (SSSR count). The zero-order valence-electron chi connectivity index (χ0n) is 20.1. The number of fused-ring (bicyclic) bond motifs is 1. The van der Waals surface area contributed by atoms with Crippen molar-refractivity contribution in [3.05, 3.63) is 59.1 Å². The highest BCUT2D eigenvalue weighted by Crippen LogP contribution is 2.36. The number of hydrogen-bond donors (Lipinski definition) is 2. The zero-order chi connectivity index (χ0) is 25.7. The third-order valence-electron chi connectivity index (χ3n) is 6.82. The number of halogens is 2. The summed E-state index contributed by atoms with van der Waals surface area (Å²) in [6.07, 6.45) is 5.24. The van der Waals surface area contributed by atoms with Crippen molar-refractivity contribution in [1.29, 1.82) is 0 Å². The van der Waals surface area contributed by atoms with E-state index in [-0.39, 0.29) is 17.8 Å². The first-order valence-corrected chi connectivity index (χ1v) is 13.3. The molecule has 36 heavy (non-hydrogen) atoms. The lowest BCUT2D eigenvalue weighted by atomic mass is 9.81. The van der Waals surface area contributed by atoms with Crippen LogP contribution < -0.4 is 10.5 Å². The smallest absolute Gasteiger partial charge is 0.308 e. The number of benzene rings is 1. The van der Waals surface area contributed by atoms with Crippen LogP contribution in [0.3, 0.4) is 0 Å². The van der Waals surface area contributed by atoms with Crippen molar-refractivity contribution in [3.63, 3.8) is 0 Å². The maximum Gasteiger partial charge on any atom is 0.308 e. The van der Waals surface area contributed by atoms with Gasteiger partial charge in [0.2, 0.25) is 0 Å². The number of aromatic nitrogens is 2. The summed E-state index contributed by atoms with van der Waals surface area (Å²) < 4.78 is 19.1. The number of carbonyl (C=O) groups is 1. The highest BCUT2D eigenvalue weighted by molar-refractivity contribution is 7.99. The average molecular weight is 533 g/mol. The summed E-state index contributed by atoms with van der Waals surface area (Å²) in [5.74, 6) is -0.241. The van der Waals surface area contributed by atoms with Gasteiger partial charge in [0, 0.05) is 42.7 Å². The second-order valence-corrected chi connectivity index (χ2v) is 10.5. The van der Waals surface area contributed by atoms with E-state index in [0.29, 0.717) is 47.5 Å². The fourth-order valence-corrected chi connectivity index (χ4v) is 6.03. The summed E-state index contributed by atoms with van der Waals surface area (Å²) in [6.45, 7) is 1.94. The average Bonchev–Trinajstić information content (AvgIpc) is 2.88. The number of carboxylic acids is 1. The number of thioether (sulfide) groups is 1. The van der Waals surface area contributed by atoms with E-state index in [9.17, 15) is 14.3 Å². The van der Waals surface area contributed by atoms with Crippen LogP contribution in [0.4, 0.5) is 4.39 Å². The van der Waals surface area contributed by atoms with E-state index in [4.69, 9.17) is 22.1 Å². The van der Waals surface area contributed by atoms with Gasteiger partial charge in [-0.3, -0.25) is 9.78 Å². The number of rotatable bonds is 10. The zero-order valence-corrected chi connectivity index (χ0v) is 21.6. The minimum absolute atomic E-state index is 0.0205. The minimum Gasteiger partial charge on any atom is -0.497 e. The van der Waals surface area contributed by atoms with Crippen molar-refractivity contribution >= 4 is 40.2 Å². The summed E-state index contributed by atoms with van der Waals surface area (Å²) in [5, 5.41) is 11.6. The number of ether oxygens (including phenoxy) is 1. The van der Waals surface area contributed by atoms with Crippen LogP contribution in [-0.2, 0) is 4.79 Å². The Morgan fingerprint density at radius 2 is 2.22 bits per heavy atom. The van der Waals surface area contributed by atoms with E-state index in [1.807, 2.05) is 18.2 Å². The fourth-order valence-electron chi connectivity index (χ4n) is 4.85. The summed E-state index contributed by atoms with van der Waals surface area (Å²) in [6, 6.07) is 8.20. The van der Waals surface area contributed by atoms with Crippen LogP contribution in [-0.4, -0.2) is 58.4 Å². The van der Waals surface area contributed by atoms with E-state index >= 15 is 0 Å². The van der Waals surface area contributed by atoms with Crippen LogP contribution in [0.25, 0.3) is 10.9 Å². The number of nitrogens with two attached hydrogens (primary N) is 1. The predicted molar refractivity (Wildman–Crippen MR) is 140 cm³/mol. The van der Waals surface area contributed by atoms with Gasteiger partial charge in [-0.1, -0.05) is 11.6 Å². The molecule has 1 aliphatic rings. The van der Waals surface area contributed by atoms with E-state index in [1.54, 1.807) is 25.6 Å². The molecule has 0 aliphatic carbocycles. The standard InChI is InChI=1S/C26H30ClFN4O3S/c1-35-17-5-7-23-18(13-17)24(20(27)14-31-23)22(29)6-4-16-8-10-32(15-19(16)26(33)34)11-12-36-25-21(28)3-2-9-30-25/h2-3,5,7,9,13-14,16,19,22H,4,6,8,10-12,15,29H2,1H3,(H,33,34)/t16-,19+,22-/m0/s1. The number of aliphatic carboxylic acids is 1. The van der Waals surface area contributed by atoms with Gasteiger partial charge < -0.3 is 20.5 Å². The Balaban J connectivity index is 1.37. The molecule has 192 valence electrons. The molecule has 10 heteroatoms. The molecule has 1 aromatic carbocycles. The summed E-state index contributed by atoms with van der Waals surface area (Å²) in [4.78, 5) is 22.7. The quantitative estimate of drug-likeness (QED) is 0.351. The molecule has 1 saturated heterocycles. The maximum atomic E-state index is 13.8. The molecule has 3 atom stereocenters. The number of pyridine rings is 2. The Morgan fingerprint density at radius 3 is 2.97 bits per heavy atom. The molecule has 3 aromatic rings. The van der Waals surface area contributed by atoms with Crippen molar-refractivity contribution in [1.82, 2.24) is 14.9 Å². The largest absolute Gasteiger partial charge is 0.497 e. The maximum absolute atomic E-state index is 13.8. The fraction of sp³-hybridized carbons (Fsp3) is 0.423. The number of hydrogen-bond acceptors (Lipinski definition) is 7. The number of piperidine rings is 1. The molecule has 1 fully saturated rings. The summed E-state index contributed by atoms with van der Waals surface area (Å²) in [7, 11) is 1.60. The van der Waals surface area contributed by atoms with Crippen molar-refractivity contribution in [2.45, 2.75) is 30.3 Å². The second-order valence-electron chi connectivity index (χ2n) is 9.02. The molecule has 1 aliphatic heterocycles. The third-order valence-corrected chi connectivity index (χ3v) is 8.08. The first kappa shape index (κ1) is 26.6. The van der Waals surface area contributed by atoms with E-state index < -0.39 is 11.9 Å². The molecular formula is C26H30ClFN4O3S. The number of methoxy groups -OCH3 is 1. The predicted octanol–water partition coefficient (Wildman–Crippen LogP) is 5.03. The van der Waals surface area contributed by atoms with E-state index in [1.165, 1.54) is 17.8 Å². The molecule has 3 heterocycles. The van der Waals surface area contributed by atoms with E-state index in [2.05, 4.69) is 14.9 Å². The minimum atomic E-state index is -0.793. The summed E-state index contributed by atoms with van der Waals surface area (Å²) >= 11 is 7.85. The van der Waals surface area contributed by atoms with Crippen LogP contribution in [0.5, 0.6) is 5.75 Å². The molecule has 2 aromatic heterocycles. The van der Waals surface area contributed by atoms with Crippen LogP contribution >= 0.6 is 23.4 Å². The van der Waals surface area contributed by atoms with Crippen molar-refractivity contribution in [2.24, 2.45) is 17.6 Å². The van der Waals surface area contributed by atoms with Gasteiger partial charge in [0.1, 0.15) is 10.8 Å². The normalized spacial score (nSPS) is 19.3. The van der Waals surface area contributed by atoms with Crippen molar-refractivity contribution < 1.29 is 19.0 Å². The van der Waals surface area contributed by atoms with Crippen molar-refractivity contribution in [2.75, 3.05) is 32.5 Å². The van der Waals surface area contributed by atoms with Crippen molar-refractivity contribution in [3.8, 4) is 5.75 Å². The molecule has 7 nitrogen and oxygen atoms in total. The molecule has 0 spiro atoms. The number of nitrogens with zero attached hydrogens (tertiary/aromatic N) is 3. The Hall–Kier alpha value is -2.46. The molecule has 0 unspecified atom stereocenters. The SMILES string of the molecule is COc1ccc2ncc(Cl)c([C@@H](N)CC[C@H]3CCN(CCSc4ncccc4F)C[C@H]3C(=O)O)c2c1. The Labute approximate surface area is 219 Å². The lowest BCUT2D eigenvalue weighted by molar-refractivity contribution is -0.146. The van der Waals surface area contributed by atoms with Crippen LogP contribution in [0.2, 0.25) is 5.02 Å². The number of carboxylic acid groups (broad SMARTS) is 1. The molecule has 3 N–H and O–H groups in total. The monoisotopic (exact) mass is 532 g/mol. The Bertz CT molecular complexity index is 1220. The van der Waals surface area contributed by atoms with Gasteiger partial charge in [0.25, 0.3) is 0 Å². The molecule has 0 bridgehead atoms. The first-order valence-electron chi connectivity index (χ1n) is 11.9. The van der Waals surface area contributed by atoms with Gasteiger partial charge in [-0.15, -0.1) is 11.8 Å². The Kier molecular flexibility index (Phi) is 9.00.